The minimum Gasteiger partial charge on any atom is -0.459 e. The molecule has 6 heteroatoms. The van der Waals surface area contributed by atoms with Crippen molar-refractivity contribution in [2.24, 2.45) is 5.41 Å². The molecule has 15 heavy (non-hydrogen) atoms. The van der Waals surface area contributed by atoms with Crippen LogP contribution in [0.3, 0.4) is 0 Å². The maximum atomic E-state index is 12.6. The van der Waals surface area contributed by atoms with Gasteiger partial charge in [0.15, 0.2) is 5.41 Å². The van der Waals surface area contributed by atoms with Crippen molar-refractivity contribution in [1.29, 1.82) is 0 Å². The maximum Gasteiger partial charge on any atom is 0.405 e. The number of hydrogen-bond donors (Lipinski definition) is 0. The van der Waals surface area contributed by atoms with E-state index in [1.807, 2.05) is 0 Å². The van der Waals surface area contributed by atoms with Crippen molar-refractivity contribution < 1.29 is 22.7 Å². The van der Waals surface area contributed by atoms with Gasteiger partial charge in [0.05, 0.1) is 0 Å². The number of halogens is 4. The van der Waals surface area contributed by atoms with Gasteiger partial charge in [-0.3, -0.25) is 4.79 Å². The molecular weight excluding hydrogens is 324 g/mol. The molecule has 0 bridgehead atoms. The molecule has 0 saturated carbocycles. The quantitative estimate of drug-likeness (QED) is 0.439. The first-order valence-corrected chi connectivity index (χ1v) is 5.83. The molecule has 0 aliphatic heterocycles. The topological polar surface area (TPSA) is 26.3 Å². The fraction of sp³-hybridized carbons (Fsp3) is 0.889. The minimum atomic E-state index is -4.59. The van der Waals surface area contributed by atoms with Crippen LogP contribution in [-0.4, -0.2) is 22.2 Å². The molecule has 0 N–H and O–H groups in total. The molecule has 90 valence electrons. The van der Waals surface area contributed by atoms with E-state index < -0.39 is 23.2 Å². The fourth-order valence-electron chi connectivity index (χ4n) is 0.637. The van der Waals surface area contributed by atoms with Gasteiger partial charge in [-0.2, -0.15) is 13.2 Å². The molecule has 0 rings (SSSR count). The molecule has 0 radical (unpaired) electrons. The highest BCUT2D eigenvalue weighted by Gasteiger charge is 2.57. The van der Waals surface area contributed by atoms with E-state index in [1.54, 1.807) is 0 Å². The van der Waals surface area contributed by atoms with E-state index in [9.17, 15) is 18.0 Å². The molecule has 0 aliphatic carbocycles. The average molecular weight is 338 g/mol. The number of carbonyl (C=O) groups excluding carboxylic acids is 1. The van der Waals surface area contributed by atoms with Crippen LogP contribution in [0.2, 0.25) is 0 Å². The standard InChI is InChI=1S/C9H14F3IO2/c1-7(2,3)15-6(14)8(4,5-13)9(10,11)12/h5H2,1-4H3. The summed E-state index contributed by atoms with van der Waals surface area (Å²) in [5.41, 5.74) is -3.34. The molecule has 2 nitrogen and oxygen atoms in total. The van der Waals surface area contributed by atoms with Crippen LogP contribution in [0.15, 0.2) is 0 Å². The number of esters is 1. The number of ether oxygens (including phenoxy) is 1. The molecular formula is C9H14F3IO2. The highest BCUT2D eigenvalue weighted by Crippen LogP contribution is 2.41. The highest BCUT2D eigenvalue weighted by molar-refractivity contribution is 14.1. The van der Waals surface area contributed by atoms with Crippen molar-refractivity contribution in [2.75, 3.05) is 4.43 Å². The lowest BCUT2D eigenvalue weighted by Crippen LogP contribution is -2.47. The summed E-state index contributed by atoms with van der Waals surface area (Å²) in [7, 11) is 0. The summed E-state index contributed by atoms with van der Waals surface area (Å²) in [6.07, 6.45) is -4.59. The summed E-state index contributed by atoms with van der Waals surface area (Å²) in [6, 6.07) is 0. The summed E-state index contributed by atoms with van der Waals surface area (Å²) in [5.74, 6) is -1.23. The predicted molar refractivity (Wildman–Crippen MR) is 58.9 cm³/mol. The summed E-state index contributed by atoms with van der Waals surface area (Å²) < 4.78 is 42.3. The van der Waals surface area contributed by atoms with Gasteiger partial charge < -0.3 is 4.74 Å². The molecule has 0 spiro atoms. The molecule has 0 fully saturated rings. The zero-order valence-corrected chi connectivity index (χ0v) is 11.2. The van der Waals surface area contributed by atoms with E-state index in [1.165, 1.54) is 43.4 Å². The van der Waals surface area contributed by atoms with E-state index in [0.717, 1.165) is 6.92 Å². The third-order valence-corrected chi connectivity index (χ3v) is 3.27. The molecule has 0 saturated heterocycles. The van der Waals surface area contributed by atoms with E-state index in [2.05, 4.69) is 0 Å². The van der Waals surface area contributed by atoms with Crippen LogP contribution in [0.1, 0.15) is 27.7 Å². The predicted octanol–water partition coefficient (Wildman–Crippen LogP) is 3.33. The Morgan fingerprint density at radius 3 is 1.80 bits per heavy atom. The molecule has 0 aliphatic rings. The fourth-order valence-corrected chi connectivity index (χ4v) is 1.38. The van der Waals surface area contributed by atoms with Crippen molar-refractivity contribution in [3.05, 3.63) is 0 Å². The normalized spacial score (nSPS) is 17.1. The third-order valence-electron chi connectivity index (χ3n) is 1.74. The van der Waals surface area contributed by atoms with Crippen LogP contribution in [0.25, 0.3) is 0 Å². The minimum absolute atomic E-state index is 0.358. The van der Waals surface area contributed by atoms with Gasteiger partial charge in [-0.15, -0.1) is 0 Å². The van der Waals surface area contributed by atoms with E-state index >= 15 is 0 Å². The smallest absolute Gasteiger partial charge is 0.405 e. The largest absolute Gasteiger partial charge is 0.459 e. The Morgan fingerprint density at radius 2 is 1.60 bits per heavy atom. The van der Waals surface area contributed by atoms with Crippen LogP contribution < -0.4 is 0 Å². The van der Waals surface area contributed by atoms with Gasteiger partial charge in [0.2, 0.25) is 0 Å². The van der Waals surface area contributed by atoms with Crippen LogP contribution in [0.5, 0.6) is 0 Å². The van der Waals surface area contributed by atoms with Crippen molar-refractivity contribution >= 4 is 28.6 Å². The first kappa shape index (κ1) is 15.0. The van der Waals surface area contributed by atoms with Gasteiger partial charge in [-0.1, -0.05) is 22.6 Å². The van der Waals surface area contributed by atoms with E-state index in [4.69, 9.17) is 4.74 Å². The molecule has 1 unspecified atom stereocenters. The third kappa shape index (κ3) is 3.81. The van der Waals surface area contributed by atoms with Crippen molar-refractivity contribution in [3.8, 4) is 0 Å². The van der Waals surface area contributed by atoms with Crippen LogP contribution >= 0.6 is 22.6 Å². The Kier molecular flexibility index (Phi) is 4.46. The summed E-state index contributed by atoms with van der Waals surface area (Å²) in [6.45, 7) is 5.46. The van der Waals surface area contributed by atoms with E-state index in [0.29, 0.717) is 0 Å². The average Bonchev–Trinajstić information content (AvgIpc) is 1.97. The van der Waals surface area contributed by atoms with Gasteiger partial charge in [0.25, 0.3) is 0 Å². The number of hydrogen-bond acceptors (Lipinski definition) is 2. The maximum absolute atomic E-state index is 12.6. The summed E-state index contributed by atoms with van der Waals surface area (Å²) in [5, 5.41) is 0. The second-order valence-electron chi connectivity index (χ2n) is 4.47. The molecule has 0 heterocycles. The number of rotatable bonds is 2. The van der Waals surface area contributed by atoms with Crippen molar-refractivity contribution in [1.82, 2.24) is 0 Å². The zero-order valence-electron chi connectivity index (χ0n) is 9.04. The zero-order chi connectivity index (χ0) is 12.5. The van der Waals surface area contributed by atoms with Gasteiger partial charge >= 0.3 is 12.1 Å². The lowest BCUT2D eigenvalue weighted by atomic mass is 9.92. The lowest BCUT2D eigenvalue weighted by Gasteiger charge is -2.31. The first-order valence-electron chi connectivity index (χ1n) is 4.30. The Labute approximate surface area is 101 Å². The van der Waals surface area contributed by atoms with Crippen molar-refractivity contribution in [3.63, 3.8) is 0 Å². The van der Waals surface area contributed by atoms with Gasteiger partial charge in [-0.25, -0.2) is 0 Å². The Morgan fingerprint density at radius 1 is 1.20 bits per heavy atom. The van der Waals surface area contributed by atoms with Gasteiger partial charge in [0, 0.05) is 4.43 Å². The monoisotopic (exact) mass is 338 g/mol. The van der Waals surface area contributed by atoms with Gasteiger partial charge in [-0.05, 0) is 27.7 Å². The lowest BCUT2D eigenvalue weighted by molar-refractivity contribution is -0.228. The Bertz CT molecular complexity index is 245. The van der Waals surface area contributed by atoms with Crippen LogP contribution in [0, 0.1) is 5.41 Å². The molecule has 0 aromatic heterocycles. The molecule has 0 aromatic carbocycles. The van der Waals surface area contributed by atoms with E-state index in [-0.39, 0.29) is 4.43 Å². The summed E-state index contributed by atoms with van der Waals surface area (Å²) in [4.78, 5) is 11.4. The molecule has 0 aromatic rings. The molecule has 1 atom stereocenters. The Balaban J connectivity index is 4.92. The molecule has 0 amide bonds. The SMILES string of the molecule is CC(C)(C)OC(=O)C(C)(CI)C(F)(F)F. The van der Waals surface area contributed by atoms with Crippen LogP contribution in [0.4, 0.5) is 13.2 Å². The second kappa shape index (κ2) is 4.47. The Hall–Kier alpha value is -0.0100. The van der Waals surface area contributed by atoms with Gasteiger partial charge in [0.1, 0.15) is 5.60 Å². The van der Waals surface area contributed by atoms with Crippen molar-refractivity contribution in [2.45, 2.75) is 39.5 Å². The van der Waals surface area contributed by atoms with Crippen LogP contribution in [-0.2, 0) is 9.53 Å². The summed E-state index contributed by atoms with van der Waals surface area (Å²) >= 11 is 1.54. The number of alkyl halides is 4. The highest BCUT2D eigenvalue weighted by atomic mass is 127. The number of carbonyl (C=O) groups is 1. The first-order chi connectivity index (χ1) is 6.44. The second-order valence-corrected chi connectivity index (χ2v) is 5.23.